The molecular formula is C21H22N2O5. The third-order valence-corrected chi connectivity index (χ3v) is 4.67. The fraction of sp³-hybridized carbons (Fsp3) is 0.333. The SMILES string of the molecule is O=C(NC[C@@H]1COc2ccccc2O1)c1cccc(NC(=O)[C@H]2CCCO2)c1. The summed E-state index contributed by atoms with van der Waals surface area (Å²) >= 11 is 0. The third-order valence-electron chi connectivity index (χ3n) is 4.67. The van der Waals surface area contributed by atoms with Gasteiger partial charge >= 0.3 is 0 Å². The number of nitrogens with one attached hydrogen (secondary N) is 2. The van der Waals surface area contributed by atoms with E-state index in [-0.39, 0.29) is 17.9 Å². The van der Waals surface area contributed by atoms with Crippen LogP contribution in [0.4, 0.5) is 5.69 Å². The van der Waals surface area contributed by atoms with Gasteiger partial charge in [0.1, 0.15) is 18.8 Å². The Bertz CT molecular complexity index is 863. The third kappa shape index (κ3) is 4.26. The first kappa shape index (κ1) is 18.3. The molecule has 146 valence electrons. The lowest BCUT2D eigenvalue weighted by Crippen LogP contribution is -2.40. The van der Waals surface area contributed by atoms with E-state index in [1.54, 1.807) is 24.3 Å². The van der Waals surface area contributed by atoms with Gasteiger partial charge in [-0.3, -0.25) is 9.59 Å². The van der Waals surface area contributed by atoms with Crippen LogP contribution in [0.5, 0.6) is 11.5 Å². The maximum Gasteiger partial charge on any atom is 0.253 e. The molecule has 2 N–H and O–H groups in total. The minimum atomic E-state index is -0.413. The van der Waals surface area contributed by atoms with E-state index in [1.165, 1.54) is 0 Å². The van der Waals surface area contributed by atoms with Crippen LogP contribution in [0, 0.1) is 0 Å². The van der Waals surface area contributed by atoms with Crippen molar-refractivity contribution >= 4 is 17.5 Å². The van der Waals surface area contributed by atoms with Crippen molar-refractivity contribution in [1.29, 1.82) is 0 Å². The van der Waals surface area contributed by atoms with Crippen molar-refractivity contribution in [2.45, 2.75) is 25.0 Å². The molecule has 0 unspecified atom stereocenters. The van der Waals surface area contributed by atoms with Crippen molar-refractivity contribution in [3.63, 3.8) is 0 Å². The summed E-state index contributed by atoms with van der Waals surface area (Å²) in [5.41, 5.74) is 1.03. The van der Waals surface area contributed by atoms with Gasteiger partial charge in [-0.15, -0.1) is 0 Å². The average molecular weight is 382 g/mol. The van der Waals surface area contributed by atoms with E-state index in [0.29, 0.717) is 42.5 Å². The van der Waals surface area contributed by atoms with Gasteiger partial charge in [-0.1, -0.05) is 18.2 Å². The summed E-state index contributed by atoms with van der Waals surface area (Å²) in [5, 5.41) is 5.66. The van der Waals surface area contributed by atoms with Crippen molar-refractivity contribution in [3.8, 4) is 11.5 Å². The molecule has 4 rings (SSSR count). The van der Waals surface area contributed by atoms with E-state index in [0.717, 1.165) is 12.8 Å². The molecule has 0 saturated carbocycles. The van der Waals surface area contributed by atoms with Gasteiger partial charge in [-0.25, -0.2) is 0 Å². The van der Waals surface area contributed by atoms with Crippen LogP contribution in [0.2, 0.25) is 0 Å². The minimum Gasteiger partial charge on any atom is -0.486 e. The van der Waals surface area contributed by atoms with Gasteiger partial charge in [0.25, 0.3) is 11.8 Å². The van der Waals surface area contributed by atoms with Crippen LogP contribution in [-0.2, 0) is 9.53 Å². The molecule has 7 heteroatoms. The topological polar surface area (TPSA) is 85.9 Å². The summed E-state index contributed by atoms with van der Waals surface area (Å²) in [6.45, 7) is 1.30. The van der Waals surface area contributed by atoms with Gasteiger partial charge in [0.05, 0.1) is 6.54 Å². The molecular weight excluding hydrogens is 360 g/mol. The fourth-order valence-corrected chi connectivity index (χ4v) is 3.22. The summed E-state index contributed by atoms with van der Waals surface area (Å²) in [6, 6.07) is 14.3. The maximum absolute atomic E-state index is 12.5. The molecule has 1 fully saturated rings. The Labute approximate surface area is 163 Å². The highest BCUT2D eigenvalue weighted by Gasteiger charge is 2.24. The van der Waals surface area contributed by atoms with Crippen molar-refractivity contribution < 1.29 is 23.8 Å². The molecule has 7 nitrogen and oxygen atoms in total. The summed E-state index contributed by atoms with van der Waals surface area (Å²) in [7, 11) is 0. The first-order valence-electron chi connectivity index (χ1n) is 9.38. The summed E-state index contributed by atoms with van der Waals surface area (Å²) < 4.78 is 16.9. The Balaban J connectivity index is 1.32. The van der Waals surface area contributed by atoms with Crippen LogP contribution in [-0.4, -0.2) is 43.8 Å². The van der Waals surface area contributed by atoms with Crippen molar-refractivity contribution in [2.75, 3.05) is 25.1 Å². The quantitative estimate of drug-likeness (QED) is 0.829. The van der Waals surface area contributed by atoms with E-state index >= 15 is 0 Å². The second-order valence-electron chi connectivity index (χ2n) is 6.78. The van der Waals surface area contributed by atoms with Gasteiger partial charge in [0.15, 0.2) is 11.5 Å². The maximum atomic E-state index is 12.5. The van der Waals surface area contributed by atoms with E-state index in [2.05, 4.69) is 10.6 Å². The lowest BCUT2D eigenvalue weighted by molar-refractivity contribution is -0.124. The largest absolute Gasteiger partial charge is 0.486 e. The second-order valence-corrected chi connectivity index (χ2v) is 6.78. The van der Waals surface area contributed by atoms with Gasteiger partial charge in [-0.05, 0) is 43.2 Å². The molecule has 0 spiro atoms. The molecule has 0 aromatic heterocycles. The van der Waals surface area contributed by atoms with Crippen molar-refractivity contribution in [2.24, 2.45) is 0 Å². The molecule has 0 bridgehead atoms. The zero-order valence-corrected chi connectivity index (χ0v) is 15.4. The van der Waals surface area contributed by atoms with Crippen molar-refractivity contribution in [3.05, 3.63) is 54.1 Å². The number of para-hydroxylation sites is 2. The van der Waals surface area contributed by atoms with Gasteiger partial charge in [-0.2, -0.15) is 0 Å². The van der Waals surface area contributed by atoms with Gasteiger partial charge in [0.2, 0.25) is 0 Å². The smallest absolute Gasteiger partial charge is 0.253 e. The normalized spacial score (nSPS) is 20.4. The van der Waals surface area contributed by atoms with E-state index < -0.39 is 6.10 Å². The lowest BCUT2D eigenvalue weighted by Gasteiger charge is -2.26. The lowest BCUT2D eigenvalue weighted by atomic mass is 10.1. The highest BCUT2D eigenvalue weighted by molar-refractivity contribution is 5.98. The molecule has 0 aliphatic carbocycles. The number of ether oxygens (including phenoxy) is 3. The number of anilines is 1. The highest BCUT2D eigenvalue weighted by atomic mass is 16.6. The summed E-state index contributed by atoms with van der Waals surface area (Å²) in [6.07, 6.45) is 0.932. The fourth-order valence-electron chi connectivity index (χ4n) is 3.22. The van der Waals surface area contributed by atoms with Crippen LogP contribution in [0.15, 0.2) is 48.5 Å². The van der Waals surface area contributed by atoms with Crippen molar-refractivity contribution in [1.82, 2.24) is 5.32 Å². The van der Waals surface area contributed by atoms with Crippen LogP contribution in [0.3, 0.4) is 0 Å². The molecule has 2 aliphatic heterocycles. The van der Waals surface area contributed by atoms with Crippen LogP contribution >= 0.6 is 0 Å². The number of fused-ring (bicyclic) bond motifs is 1. The predicted molar refractivity (Wildman–Crippen MR) is 103 cm³/mol. The van der Waals surface area contributed by atoms with Gasteiger partial charge < -0.3 is 24.8 Å². The molecule has 2 heterocycles. The molecule has 2 aromatic rings. The van der Waals surface area contributed by atoms with E-state index in [9.17, 15) is 9.59 Å². The second kappa shape index (κ2) is 8.31. The number of hydrogen-bond donors (Lipinski definition) is 2. The summed E-state index contributed by atoms with van der Waals surface area (Å²) in [5.74, 6) is 0.962. The molecule has 0 radical (unpaired) electrons. The minimum absolute atomic E-state index is 0.179. The molecule has 28 heavy (non-hydrogen) atoms. The predicted octanol–water partition coefficient (Wildman–Crippen LogP) is 2.37. The standard InChI is InChI=1S/C21H22N2O5/c24-20(22-12-16-13-27-17-7-1-2-8-18(17)28-16)14-5-3-6-15(11-14)23-21(25)19-9-4-10-26-19/h1-3,5-8,11,16,19H,4,9-10,12-13H2,(H,22,24)(H,23,25)/t16-,19-/m1/s1. The number of carbonyl (C=O) groups is 2. The Morgan fingerprint density at radius 1 is 1.07 bits per heavy atom. The van der Waals surface area contributed by atoms with Crippen LogP contribution in [0.25, 0.3) is 0 Å². The number of amides is 2. The Morgan fingerprint density at radius 3 is 2.75 bits per heavy atom. The Hall–Kier alpha value is -3.06. The van der Waals surface area contributed by atoms with E-state index in [1.807, 2.05) is 24.3 Å². The molecule has 2 aliphatic rings. The number of benzene rings is 2. The Morgan fingerprint density at radius 2 is 1.93 bits per heavy atom. The number of carbonyl (C=O) groups excluding carboxylic acids is 2. The zero-order valence-electron chi connectivity index (χ0n) is 15.4. The molecule has 2 amide bonds. The van der Waals surface area contributed by atoms with Crippen LogP contribution < -0.4 is 20.1 Å². The highest BCUT2D eigenvalue weighted by Crippen LogP contribution is 2.30. The summed E-state index contributed by atoms with van der Waals surface area (Å²) in [4.78, 5) is 24.6. The molecule has 2 aromatic carbocycles. The first-order chi connectivity index (χ1) is 13.7. The zero-order chi connectivity index (χ0) is 19.3. The first-order valence-corrected chi connectivity index (χ1v) is 9.38. The average Bonchev–Trinajstić information content (AvgIpc) is 3.27. The van der Waals surface area contributed by atoms with E-state index in [4.69, 9.17) is 14.2 Å². The van der Waals surface area contributed by atoms with Crippen LogP contribution in [0.1, 0.15) is 23.2 Å². The monoisotopic (exact) mass is 382 g/mol. The Kier molecular flexibility index (Phi) is 5.43. The molecule has 1 saturated heterocycles. The van der Waals surface area contributed by atoms with Gasteiger partial charge in [0, 0.05) is 17.9 Å². The number of rotatable bonds is 5. The molecule has 2 atom stereocenters. The number of hydrogen-bond acceptors (Lipinski definition) is 5.